The third-order valence-electron chi connectivity index (χ3n) is 4.37. The maximum absolute atomic E-state index is 11.9. The van der Waals surface area contributed by atoms with Gasteiger partial charge in [0.05, 0.1) is 18.9 Å². The van der Waals surface area contributed by atoms with Crippen LogP contribution in [0, 0.1) is 0 Å². The zero-order valence-electron chi connectivity index (χ0n) is 16.2. The highest BCUT2D eigenvalue weighted by molar-refractivity contribution is 5.71. The van der Waals surface area contributed by atoms with Gasteiger partial charge in [0.2, 0.25) is 0 Å². The molecular weight excluding hydrogens is 320 g/mol. The van der Waals surface area contributed by atoms with E-state index in [0.717, 1.165) is 38.5 Å². The van der Waals surface area contributed by atoms with Crippen molar-refractivity contribution in [3.8, 4) is 0 Å². The van der Waals surface area contributed by atoms with Gasteiger partial charge < -0.3 is 14.9 Å². The number of esters is 1. The van der Waals surface area contributed by atoms with E-state index in [0.29, 0.717) is 12.8 Å². The second-order valence-corrected chi connectivity index (χ2v) is 6.97. The lowest BCUT2D eigenvalue weighted by molar-refractivity contribution is -0.155. The first kappa shape index (κ1) is 23.9. The van der Waals surface area contributed by atoms with Crippen molar-refractivity contribution in [3.63, 3.8) is 0 Å². The van der Waals surface area contributed by atoms with Gasteiger partial charge in [-0.3, -0.25) is 9.59 Å². The van der Waals surface area contributed by atoms with Crippen LogP contribution < -0.4 is 0 Å². The van der Waals surface area contributed by atoms with Gasteiger partial charge in [-0.05, 0) is 19.3 Å². The molecule has 0 spiro atoms. The number of hydrogen-bond acceptors (Lipinski definition) is 4. The summed E-state index contributed by atoms with van der Waals surface area (Å²) in [5, 5.41) is 18.9. The Kier molecular flexibility index (Phi) is 15.7. The zero-order chi connectivity index (χ0) is 18.9. The number of carbonyl (C=O) groups is 2. The number of aliphatic carboxylic acids is 1. The average molecular weight is 359 g/mol. The van der Waals surface area contributed by atoms with Crippen molar-refractivity contribution in [2.24, 2.45) is 0 Å². The van der Waals surface area contributed by atoms with Crippen LogP contribution in [0.4, 0.5) is 0 Å². The van der Waals surface area contributed by atoms with E-state index in [1.54, 1.807) is 0 Å². The molecule has 0 bridgehead atoms. The summed E-state index contributed by atoms with van der Waals surface area (Å²) >= 11 is 0. The number of ether oxygens (including phenoxy) is 1. The highest BCUT2D eigenvalue weighted by atomic mass is 16.5. The Morgan fingerprint density at radius 3 is 1.92 bits per heavy atom. The molecule has 5 nitrogen and oxygen atoms in total. The molecule has 0 aliphatic heterocycles. The molecule has 2 unspecified atom stereocenters. The van der Waals surface area contributed by atoms with E-state index in [-0.39, 0.29) is 12.8 Å². The Balaban J connectivity index is 3.98. The standard InChI is InChI=1S/C20H38O5/c1-3-5-7-9-10-11-13-17(21)15-20(24)25-18(16-19(22)23)14-12-8-6-4-2/h17-18,21H,3-16H2,1-2H3,(H,22,23). The summed E-state index contributed by atoms with van der Waals surface area (Å²) in [7, 11) is 0. The third kappa shape index (κ3) is 16.1. The fourth-order valence-corrected chi connectivity index (χ4v) is 2.88. The minimum atomic E-state index is -0.957. The molecule has 0 saturated carbocycles. The summed E-state index contributed by atoms with van der Waals surface area (Å²) in [6.45, 7) is 4.29. The van der Waals surface area contributed by atoms with Crippen LogP contribution in [0.1, 0.15) is 104 Å². The summed E-state index contributed by atoms with van der Waals surface area (Å²) in [5.41, 5.74) is 0. The molecule has 0 aromatic heterocycles. The van der Waals surface area contributed by atoms with E-state index < -0.39 is 24.1 Å². The number of hydrogen-bond donors (Lipinski definition) is 2. The lowest BCUT2D eigenvalue weighted by Crippen LogP contribution is -2.24. The summed E-state index contributed by atoms with van der Waals surface area (Å²) in [6, 6.07) is 0. The van der Waals surface area contributed by atoms with E-state index in [1.807, 2.05) is 0 Å². The predicted octanol–water partition coefficient (Wildman–Crippen LogP) is 4.84. The Morgan fingerprint density at radius 2 is 1.32 bits per heavy atom. The maximum Gasteiger partial charge on any atom is 0.308 e. The van der Waals surface area contributed by atoms with Crippen molar-refractivity contribution >= 4 is 11.9 Å². The topological polar surface area (TPSA) is 83.8 Å². The molecule has 0 saturated heterocycles. The molecule has 0 aliphatic rings. The van der Waals surface area contributed by atoms with Crippen LogP contribution in [-0.4, -0.2) is 34.4 Å². The van der Waals surface area contributed by atoms with E-state index in [4.69, 9.17) is 9.84 Å². The molecular formula is C20H38O5. The number of rotatable bonds is 17. The summed E-state index contributed by atoms with van der Waals surface area (Å²) in [6.07, 6.45) is 10.6. The van der Waals surface area contributed by atoms with Crippen molar-refractivity contribution in [2.45, 2.75) is 116 Å². The van der Waals surface area contributed by atoms with Crippen molar-refractivity contribution in [3.05, 3.63) is 0 Å². The molecule has 0 aromatic rings. The van der Waals surface area contributed by atoms with Crippen LogP contribution in [0.15, 0.2) is 0 Å². The van der Waals surface area contributed by atoms with Gasteiger partial charge in [0, 0.05) is 0 Å². The second kappa shape index (κ2) is 16.4. The Hall–Kier alpha value is -1.10. The molecule has 5 heteroatoms. The molecule has 0 rings (SSSR count). The van der Waals surface area contributed by atoms with Gasteiger partial charge in [0.1, 0.15) is 6.10 Å². The van der Waals surface area contributed by atoms with Gasteiger partial charge >= 0.3 is 11.9 Å². The maximum atomic E-state index is 11.9. The molecule has 2 atom stereocenters. The number of aliphatic hydroxyl groups is 1. The zero-order valence-corrected chi connectivity index (χ0v) is 16.2. The number of carboxylic acid groups (broad SMARTS) is 1. The molecule has 0 heterocycles. The summed E-state index contributed by atoms with van der Waals surface area (Å²) in [5.74, 6) is -1.44. The Labute approximate surface area is 153 Å². The first-order chi connectivity index (χ1) is 12.0. The highest BCUT2D eigenvalue weighted by Crippen LogP contribution is 2.15. The van der Waals surface area contributed by atoms with Crippen molar-refractivity contribution in [1.82, 2.24) is 0 Å². The average Bonchev–Trinajstić information content (AvgIpc) is 2.54. The van der Waals surface area contributed by atoms with Gasteiger partial charge in [-0.25, -0.2) is 0 Å². The van der Waals surface area contributed by atoms with Crippen LogP contribution >= 0.6 is 0 Å². The smallest absolute Gasteiger partial charge is 0.308 e. The van der Waals surface area contributed by atoms with Crippen molar-refractivity contribution in [2.75, 3.05) is 0 Å². The van der Waals surface area contributed by atoms with Crippen LogP contribution in [0.3, 0.4) is 0 Å². The fourth-order valence-electron chi connectivity index (χ4n) is 2.88. The quantitative estimate of drug-likeness (QED) is 0.287. The van der Waals surface area contributed by atoms with Gasteiger partial charge in [-0.2, -0.15) is 0 Å². The Morgan fingerprint density at radius 1 is 0.800 bits per heavy atom. The minimum Gasteiger partial charge on any atom is -0.481 e. The first-order valence-corrected chi connectivity index (χ1v) is 10.1. The molecule has 148 valence electrons. The van der Waals surface area contributed by atoms with Crippen LogP contribution in [0.2, 0.25) is 0 Å². The highest BCUT2D eigenvalue weighted by Gasteiger charge is 2.20. The summed E-state index contributed by atoms with van der Waals surface area (Å²) in [4.78, 5) is 22.8. The largest absolute Gasteiger partial charge is 0.481 e. The normalized spacial score (nSPS) is 13.4. The van der Waals surface area contributed by atoms with Crippen LogP contribution in [0.5, 0.6) is 0 Å². The molecule has 0 aliphatic carbocycles. The predicted molar refractivity (Wildman–Crippen MR) is 99.5 cm³/mol. The van der Waals surface area contributed by atoms with E-state index in [9.17, 15) is 14.7 Å². The third-order valence-corrected chi connectivity index (χ3v) is 4.37. The molecule has 0 amide bonds. The van der Waals surface area contributed by atoms with E-state index in [1.165, 1.54) is 25.7 Å². The van der Waals surface area contributed by atoms with Gasteiger partial charge in [-0.1, -0.05) is 71.6 Å². The molecule has 0 radical (unpaired) electrons. The van der Waals surface area contributed by atoms with Crippen LogP contribution in [-0.2, 0) is 14.3 Å². The number of aliphatic hydroxyl groups excluding tert-OH is 1. The van der Waals surface area contributed by atoms with E-state index >= 15 is 0 Å². The molecule has 0 fully saturated rings. The van der Waals surface area contributed by atoms with E-state index in [2.05, 4.69) is 13.8 Å². The molecule has 2 N–H and O–H groups in total. The lowest BCUT2D eigenvalue weighted by Gasteiger charge is -2.17. The number of carboxylic acids is 1. The number of carbonyl (C=O) groups excluding carboxylic acids is 1. The van der Waals surface area contributed by atoms with Gasteiger partial charge in [-0.15, -0.1) is 0 Å². The van der Waals surface area contributed by atoms with Crippen molar-refractivity contribution in [1.29, 1.82) is 0 Å². The van der Waals surface area contributed by atoms with Crippen molar-refractivity contribution < 1.29 is 24.5 Å². The lowest BCUT2D eigenvalue weighted by atomic mass is 10.1. The number of unbranched alkanes of at least 4 members (excludes halogenated alkanes) is 8. The van der Waals surface area contributed by atoms with Gasteiger partial charge in [0.15, 0.2) is 0 Å². The summed E-state index contributed by atoms with van der Waals surface area (Å²) < 4.78 is 5.29. The minimum absolute atomic E-state index is 0.0416. The monoisotopic (exact) mass is 358 g/mol. The van der Waals surface area contributed by atoms with Gasteiger partial charge in [0.25, 0.3) is 0 Å². The fraction of sp³-hybridized carbons (Fsp3) is 0.900. The van der Waals surface area contributed by atoms with Crippen LogP contribution in [0.25, 0.3) is 0 Å². The SMILES string of the molecule is CCCCCCCCC(O)CC(=O)OC(CCCCCC)CC(=O)O. The molecule has 25 heavy (non-hydrogen) atoms. The Bertz CT molecular complexity index is 343. The first-order valence-electron chi connectivity index (χ1n) is 10.1. The molecule has 0 aromatic carbocycles. The second-order valence-electron chi connectivity index (χ2n) is 6.97.